The van der Waals surface area contributed by atoms with Crippen LogP contribution in [-0.4, -0.2) is 59.8 Å². The van der Waals surface area contributed by atoms with Gasteiger partial charge in [0.15, 0.2) is 6.10 Å². The Hall–Kier alpha value is -1.32. The van der Waals surface area contributed by atoms with Gasteiger partial charge in [-0.2, -0.15) is 8.78 Å². The first-order valence-electron chi connectivity index (χ1n) is 15.0. The van der Waals surface area contributed by atoms with Gasteiger partial charge in [-0.25, -0.2) is 0 Å². The van der Waals surface area contributed by atoms with Crippen molar-refractivity contribution in [2.75, 3.05) is 13.2 Å². The molecule has 8 bridgehead atoms. The smallest absolute Gasteiger partial charge is 0.360 e. The van der Waals surface area contributed by atoms with E-state index in [-0.39, 0.29) is 42.4 Å². The molecule has 0 aromatic carbocycles. The van der Waals surface area contributed by atoms with E-state index in [0.29, 0.717) is 43.9 Å². The van der Waals surface area contributed by atoms with E-state index in [2.05, 4.69) is 0 Å². The van der Waals surface area contributed by atoms with Gasteiger partial charge < -0.3 is 24.4 Å². The third-order valence-corrected chi connectivity index (χ3v) is 11.3. The first-order valence-corrected chi connectivity index (χ1v) is 15.0. The minimum absolute atomic E-state index is 0.0630. The summed E-state index contributed by atoms with van der Waals surface area (Å²) < 4.78 is 46.0. The number of aliphatic hydroxyl groups is 2. The fourth-order valence-corrected chi connectivity index (χ4v) is 9.62. The van der Waals surface area contributed by atoms with Crippen molar-refractivity contribution in [2.24, 2.45) is 51.8 Å². The predicted octanol–water partition coefficient (Wildman–Crippen LogP) is 4.47. The number of aliphatic hydroxyl groups excluding tert-OH is 2. The Bertz CT molecular complexity index is 960. The number of carbonyl (C=O) groups excluding carboxylic acids is 2. The second-order valence-electron chi connectivity index (χ2n) is 15.2. The molecule has 0 aromatic heterocycles. The van der Waals surface area contributed by atoms with Gasteiger partial charge >= 0.3 is 18.0 Å². The van der Waals surface area contributed by atoms with Crippen molar-refractivity contribution >= 4 is 11.9 Å². The second-order valence-corrected chi connectivity index (χ2v) is 15.2. The maximum absolute atomic E-state index is 14.7. The van der Waals surface area contributed by atoms with Crippen LogP contribution < -0.4 is 0 Å². The summed E-state index contributed by atoms with van der Waals surface area (Å²) in [6, 6.07) is 0. The second kappa shape index (κ2) is 9.35. The molecular weight excluding hydrogens is 510 g/mol. The minimum Gasteiger partial charge on any atom is -0.461 e. The quantitative estimate of drug-likeness (QED) is 0.427. The lowest BCUT2D eigenvalue weighted by molar-refractivity contribution is -0.304. The molecule has 8 saturated carbocycles. The van der Waals surface area contributed by atoms with Crippen LogP contribution in [-0.2, 0) is 23.8 Å². The van der Waals surface area contributed by atoms with Gasteiger partial charge in [-0.1, -0.05) is 20.8 Å². The zero-order valence-corrected chi connectivity index (χ0v) is 23.4. The number of ether oxygens (including phenoxy) is 3. The maximum atomic E-state index is 14.7. The molecule has 0 aromatic rings. The van der Waals surface area contributed by atoms with Crippen molar-refractivity contribution in [1.82, 2.24) is 0 Å². The Kier molecular flexibility index (Phi) is 6.67. The average molecular weight is 555 g/mol. The molecule has 8 aliphatic carbocycles. The molecule has 220 valence electrons. The summed E-state index contributed by atoms with van der Waals surface area (Å²) in [6.07, 6.45) is 1.95. The Morgan fingerprint density at radius 1 is 0.769 bits per heavy atom. The Morgan fingerprint density at radius 3 is 1.64 bits per heavy atom. The topological polar surface area (TPSA) is 102 Å². The van der Waals surface area contributed by atoms with Gasteiger partial charge in [-0.15, -0.1) is 0 Å². The van der Waals surface area contributed by atoms with Crippen LogP contribution in [0.4, 0.5) is 8.78 Å². The predicted molar refractivity (Wildman–Crippen MR) is 135 cm³/mol. The van der Waals surface area contributed by atoms with E-state index in [1.54, 1.807) is 0 Å². The van der Waals surface area contributed by atoms with Gasteiger partial charge in [-0.05, 0) is 99.7 Å². The van der Waals surface area contributed by atoms with Crippen molar-refractivity contribution in [2.45, 2.75) is 109 Å². The van der Waals surface area contributed by atoms with Gasteiger partial charge in [0, 0.05) is 0 Å². The monoisotopic (exact) mass is 554 g/mol. The lowest BCUT2D eigenvalue weighted by Crippen LogP contribution is -2.57. The largest absolute Gasteiger partial charge is 0.461 e. The van der Waals surface area contributed by atoms with E-state index in [9.17, 15) is 28.6 Å². The molecule has 2 N–H and O–H groups in total. The van der Waals surface area contributed by atoms with Crippen LogP contribution in [0.1, 0.15) is 85.0 Å². The first kappa shape index (κ1) is 27.8. The summed E-state index contributed by atoms with van der Waals surface area (Å²) in [5, 5.41) is 21.2. The highest BCUT2D eigenvalue weighted by atomic mass is 19.3. The average Bonchev–Trinajstić information content (AvgIpc) is 2.85. The molecule has 8 rings (SSSR count). The van der Waals surface area contributed by atoms with Gasteiger partial charge in [0.1, 0.15) is 6.61 Å². The van der Waals surface area contributed by atoms with Crippen LogP contribution in [0.2, 0.25) is 0 Å². The van der Waals surface area contributed by atoms with Crippen molar-refractivity contribution in [3.63, 3.8) is 0 Å². The van der Waals surface area contributed by atoms with Crippen LogP contribution in [0.3, 0.4) is 0 Å². The normalized spacial score (nSPS) is 44.9. The van der Waals surface area contributed by atoms with Crippen molar-refractivity contribution in [3.8, 4) is 0 Å². The van der Waals surface area contributed by atoms with Gasteiger partial charge in [0.2, 0.25) is 0 Å². The van der Waals surface area contributed by atoms with E-state index < -0.39 is 47.1 Å². The van der Waals surface area contributed by atoms with E-state index in [1.165, 1.54) is 20.8 Å². The molecule has 5 atom stereocenters. The maximum Gasteiger partial charge on any atom is 0.360 e. The number of hydrogen-bond acceptors (Lipinski definition) is 7. The molecule has 0 saturated heterocycles. The number of alkyl halides is 2. The molecule has 0 aliphatic heterocycles. The highest BCUT2D eigenvalue weighted by molar-refractivity contribution is 5.79. The summed E-state index contributed by atoms with van der Waals surface area (Å²) >= 11 is 0. The van der Waals surface area contributed by atoms with Crippen LogP contribution in [0, 0.1) is 51.8 Å². The molecule has 0 spiro atoms. The number of carbonyl (C=O) groups is 2. The molecule has 0 radical (unpaired) electrons. The van der Waals surface area contributed by atoms with Crippen LogP contribution >= 0.6 is 0 Å². The number of halogens is 2. The van der Waals surface area contributed by atoms with E-state index in [4.69, 9.17) is 14.2 Å². The summed E-state index contributed by atoms with van der Waals surface area (Å²) in [6.45, 7) is 3.19. The van der Waals surface area contributed by atoms with E-state index in [0.717, 1.165) is 32.1 Å². The minimum atomic E-state index is -3.47. The SMILES string of the molecule is CC(C)(C)C(F)(F)OCC(COC(=O)C12CC3CC(C1)C(O)C(C3)C2)OC(=O)C12CC3CC(C1)C(O)C(C3)C2. The number of hydrogen-bond donors (Lipinski definition) is 2. The number of esters is 2. The van der Waals surface area contributed by atoms with E-state index in [1.807, 2.05) is 0 Å². The molecule has 0 heterocycles. The zero-order valence-electron chi connectivity index (χ0n) is 23.4. The summed E-state index contributed by atoms with van der Waals surface area (Å²) in [5.41, 5.74) is -2.84. The fourth-order valence-electron chi connectivity index (χ4n) is 9.62. The van der Waals surface area contributed by atoms with Gasteiger partial charge in [-0.3, -0.25) is 9.59 Å². The Labute approximate surface area is 229 Å². The van der Waals surface area contributed by atoms with Crippen LogP contribution in [0.25, 0.3) is 0 Å². The molecule has 8 fully saturated rings. The lowest BCUT2D eigenvalue weighted by atomic mass is 9.48. The Balaban J connectivity index is 1.15. The molecule has 39 heavy (non-hydrogen) atoms. The molecular formula is C30H44F2O7. The Morgan fingerprint density at radius 2 is 1.21 bits per heavy atom. The van der Waals surface area contributed by atoms with Crippen LogP contribution in [0.15, 0.2) is 0 Å². The molecule has 7 nitrogen and oxygen atoms in total. The summed E-state index contributed by atoms with van der Waals surface area (Å²) in [7, 11) is 0. The lowest BCUT2D eigenvalue weighted by Gasteiger charge is -2.57. The summed E-state index contributed by atoms with van der Waals surface area (Å²) in [5.74, 6) is 0.247. The molecule has 9 heteroatoms. The van der Waals surface area contributed by atoms with Crippen LogP contribution in [0.5, 0.6) is 0 Å². The van der Waals surface area contributed by atoms with E-state index >= 15 is 0 Å². The standard InChI is InChI=1S/C30H44F2O7/c1-27(2,3)30(31,32)38-15-22(39-26(36)29-9-17-6-20(12-29)24(34)21(7-17)13-29)14-37-25(35)28-8-16-4-18(10-28)23(33)19(5-16)11-28/h16-24,33-34H,4-15H2,1-3H3. The fraction of sp³-hybridized carbons (Fsp3) is 0.933. The third kappa shape index (κ3) is 4.72. The molecule has 0 amide bonds. The highest BCUT2D eigenvalue weighted by Crippen LogP contribution is 2.61. The summed E-state index contributed by atoms with van der Waals surface area (Å²) in [4.78, 5) is 27.1. The highest BCUT2D eigenvalue weighted by Gasteiger charge is 2.60. The van der Waals surface area contributed by atoms with Crippen molar-refractivity contribution in [1.29, 1.82) is 0 Å². The molecule has 5 unspecified atom stereocenters. The van der Waals surface area contributed by atoms with Gasteiger partial charge in [0.05, 0.1) is 35.1 Å². The molecule has 8 aliphatic rings. The first-order chi connectivity index (χ1) is 18.2. The number of rotatable bonds is 8. The zero-order chi connectivity index (χ0) is 28.0. The van der Waals surface area contributed by atoms with Crippen molar-refractivity contribution in [3.05, 3.63) is 0 Å². The van der Waals surface area contributed by atoms with Crippen molar-refractivity contribution < 1.29 is 42.8 Å². The van der Waals surface area contributed by atoms with Gasteiger partial charge in [0.25, 0.3) is 0 Å². The third-order valence-electron chi connectivity index (χ3n) is 11.3.